The van der Waals surface area contributed by atoms with Gasteiger partial charge in [0.05, 0.1) is 0 Å². The molecule has 11 heavy (non-hydrogen) atoms. The van der Waals surface area contributed by atoms with Crippen LogP contribution in [0.15, 0.2) is 12.1 Å². The maximum atomic E-state index is 8.90. The zero-order chi connectivity index (χ0) is 8.27. The second kappa shape index (κ2) is 3.41. The van der Waals surface area contributed by atoms with Crippen LogP contribution in [-0.4, -0.2) is 21.8 Å². The van der Waals surface area contributed by atoms with Gasteiger partial charge in [-0.25, -0.2) is 0 Å². The van der Waals surface area contributed by atoms with Gasteiger partial charge in [0.1, 0.15) is 0 Å². The molecule has 0 radical (unpaired) electrons. The Balaban J connectivity index is 2.60. The number of aromatic amines is 1. The van der Waals surface area contributed by atoms with Gasteiger partial charge in [0.2, 0.25) is 0 Å². The van der Waals surface area contributed by atoms with Crippen molar-refractivity contribution in [2.24, 2.45) is 5.73 Å². The normalized spacial score (nSPS) is 13.3. The number of aromatic nitrogens is 1. The van der Waals surface area contributed by atoms with E-state index >= 15 is 0 Å². The van der Waals surface area contributed by atoms with E-state index in [-0.39, 0.29) is 18.5 Å². The first-order valence-electron chi connectivity index (χ1n) is 3.48. The fraction of sp³-hybridized carbons (Fsp3) is 0.429. The van der Waals surface area contributed by atoms with Gasteiger partial charge in [0.15, 0.2) is 5.88 Å². The fourth-order valence-electron chi connectivity index (χ4n) is 0.911. The second-order valence-corrected chi connectivity index (χ2v) is 2.42. The summed E-state index contributed by atoms with van der Waals surface area (Å²) in [5.74, 6) is 0.105. The van der Waals surface area contributed by atoms with Crippen LogP contribution in [0.5, 0.6) is 5.88 Å². The predicted molar refractivity (Wildman–Crippen MR) is 41.1 cm³/mol. The summed E-state index contributed by atoms with van der Waals surface area (Å²) in [7, 11) is 0. The topological polar surface area (TPSA) is 82.3 Å². The van der Waals surface area contributed by atoms with E-state index in [0.29, 0.717) is 6.42 Å². The highest BCUT2D eigenvalue weighted by Crippen LogP contribution is 2.15. The van der Waals surface area contributed by atoms with Crippen LogP contribution in [0.3, 0.4) is 0 Å². The molecule has 1 aromatic rings. The summed E-state index contributed by atoms with van der Waals surface area (Å²) >= 11 is 0. The standard InChI is InChI=1S/C7H12N2O2/c8-5(3-4-10)6-1-2-7(11)9-6/h1-2,5,9-11H,3-4,8H2. The van der Waals surface area contributed by atoms with Gasteiger partial charge in [0.25, 0.3) is 0 Å². The molecule has 0 fully saturated rings. The SMILES string of the molecule is NC(CCO)c1ccc(O)[nH]1. The minimum absolute atomic E-state index is 0.0565. The van der Waals surface area contributed by atoms with E-state index in [1.165, 1.54) is 6.07 Å². The van der Waals surface area contributed by atoms with Gasteiger partial charge >= 0.3 is 0 Å². The van der Waals surface area contributed by atoms with Gasteiger partial charge in [-0.1, -0.05) is 0 Å². The van der Waals surface area contributed by atoms with E-state index in [0.717, 1.165) is 5.69 Å². The molecule has 4 heteroatoms. The zero-order valence-electron chi connectivity index (χ0n) is 6.12. The maximum absolute atomic E-state index is 8.90. The maximum Gasteiger partial charge on any atom is 0.188 e. The molecular formula is C7H12N2O2. The molecular weight excluding hydrogens is 144 g/mol. The molecule has 0 saturated carbocycles. The summed E-state index contributed by atoms with van der Waals surface area (Å²) < 4.78 is 0. The minimum Gasteiger partial charge on any atom is -0.495 e. The fourth-order valence-corrected chi connectivity index (χ4v) is 0.911. The number of rotatable bonds is 3. The summed E-state index contributed by atoms with van der Waals surface area (Å²) in [4.78, 5) is 2.68. The van der Waals surface area contributed by atoms with Crippen LogP contribution < -0.4 is 5.73 Å². The van der Waals surface area contributed by atoms with Crippen LogP contribution >= 0.6 is 0 Å². The molecule has 5 N–H and O–H groups in total. The molecule has 1 atom stereocenters. The molecule has 0 aliphatic heterocycles. The van der Waals surface area contributed by atoms with Crippen LogP contribution in [0.4, 0.5) is 0 Å². The lowest BCUT2D eigenvalue weighted by Gasteiger charge is -2.05. The summed E-state index contributed by atoms with van der Waals surface area (Å²) in [6.07, 6.45) is 0.500. The Labute approximate surface area is 64.7 Å². The number of aromatic hydroxyl groups is 1. The van der Waals surface area contributed by atoms with E-state index < -0.39 is 0 Å². The summed E-state index contributed by atoms with van der Waals surface area (Å²) in [5.41, 5.74) is 6.36. The van der Waals surface area contributed by atoms with Crippen molar-refractivity contribution >= 4 is 0 Å². The monoisotopic (exact) mass is 156 g/mol. The first-order valence-corrected chi connectivity index (χ1v) is 3.48. The van der Waals surface area contributed by atoms with Gasteiger partial charge < -0.3 is 20.9 Å². The van der Waals surface area contributed by atoms with Crippen molar-refractivity contribution in [2.75, 3.05) is 6.61 Å². The highest BCUT2D eigenvalue weighted by molar-refractivity contribution is 5.18. The Kier molecular flexibility index (Phi) is 2.51. The van der Waals surface area contributed by atoms with Crippen molar-refractivity contribution in [1.29, 1.82) is 0 Å². The Morgan fingerprint density at radius 2 is 2.27 bits per heavy atom. The predicted octanol–water partition coefficient (Wildman–Crippen LogP) is 0.102. The van der Waals surface area contributed by atoms with Crippen molar-refractivity contribution in [2.45, 2.75) is 12.5 Å². The lowest BCUT2D eigenvalue weighted by Crippen LogP contribution is -2.11. The molecule has 4 nitrogen and oxygen atoms in total. The number of hydrogen-bond acceptors (Lipinski definition) is 3. The van der Waals surface area contributed by atoms with Crippen molar-refractivity contribution in [3.63, 3.8) is 0 Å². The van der Waals surface area contributed by atoms with E-state index in [4.69, 9.17) is 15.9 Å². The molecule has 1 heterocycles. The molecule has 1 unspecified atom stereocenters. The quantitative estimate of drug-likeness (QED) is 0.501. The lowest BCUT2D eigenvalue weighted by atomic mass is 10.2. The van der Waals surface area contributed by atoms with E-state index in [9.17, 15) is 0 Å². The van der Waals surface area contributed by atoms with Gasteiger partial charge in [0, 0.05) is 18.3 Å². The molecule has 0 aliphatic rings. The third-order valence-electron chi connectivity index (χ3n) is 1.53. The Bertz CT molecular complexity index is 222. The Morgan fingerprint density at radius 1 is 1.55 bits per heavy atom. The number of H-pyrrole nitrogens is 1. The summed E-state index contributed by atoms with van der Waals surface area (Å²) in [6.45, 7) is 0.0565. The van der Waals surface area contributed by atoms with Gasteiger partial charge in [-0.3, -0.25) is 0 Å². The molecule has 0 aliphatic carbocycles. The molecule has 0 bridgehead atoms. The van der Waals surface area contributed by atoms with E-state index in [1.54, 1.807) is 6.07 Å². The zero-order valence-corrected chi connectivity index (χ0v) is 6.12. The highest BCUT2D eigenvalue weighted by Gasteiger charge is 2.06. The van der Waals surface area contributed by atoms with Gasteiger partial charge in [-0.2, -0.15) is 0 Å². The number of aliphatic hydroxyl groups excluding tert-OH is 1. The van der Waals surface area contributed by atoms with Crippen LogP contribution in [0.1, 0.15) is 18.2 Å². The lowest BCUT2D eigenvalue weighted by molar-refractivity contribution is 0.275. The number of nitrogens with one attached hydrogen (secondary N) is 1. The van der Waals surface area contributed by atoms with Crippen LogP contribution in [-0.2, 0) is 0 Å². The van der Waals surface area contributed by atoms with Gasteiger partial charge in [-0.05, 0) is 18.6 Å². The van der Waals surface area contributed by atoms with Crippen molar-refractivity contribution in [3.8, 4) is 5.88 Å². The number of hydrogen-bond donors (Lipinski definition) is 4. The number of nitrogens with two attached hydrogens (primary N) is 1. The smallest absolute Gasteiger partial charge is 0.188 e. The highest BCUT2D eigenvalue weighted by atomic mass is 16.3. The van der Waals surface area contributed by atoms with Crippen molar-refractivity contribution in [3.05, 3.63) is 17.8 Å². The molecule has 1 aromatic heterocycles. The molecule has 0 aromatic carbocycles. The first-order chi connectivity index (χ1) is 5.24. The van der Waals surface area contributed by atoms with Crippen LogP contribution in [0.2, 0.25) is 0 Å². The Hall–Kier alpha value is -1.00. The molecule has 0 amide bonds. The van der Waals surface area contributed by atoms with Gasteiger partial charge in [-0.15, -0.1) is 0 Å². The number of aliphatic hydroxyl groups is 1. The van der Waals surface area contributed by atoms with E-state index in [2.05, 4.69) is 4.98 Å². The van der Waals surface area contributed by atoms with Crippen molar-refractivity contribution in [1.82, 2.24) is 4.98 Å². The Morgan fingerprint density at radius 3 is 2.73 bits per heavy atom. The van der Waals surface area contributed by atoms with Crippen molar-refractivity contribution < 1.29 is 10.2 Å². The summed E-state index contributed by atoms with van der Waals surface area (Å²) in [6, 6.07) is 3.02. The molecule has 62 valence electrons. The summed E-state index contributed by atoms with van der Waals surface area (Å²) in [5, 5.41) is 17.4. The molecule has 0 saturated heterocycles. The third-order valence-corrected chi connectivity index (χ3v) is 1.53. The first kappa shape index (κ1) is 8.10. The second-order valence-electron chi connectivity index (χ2n) is 2.42. The minimum atomic E-state index is -0.221. The average molecular weight is 156 g/mol. The molecule has 0 spiro atoms. The third kappa shape index (κ3) is 1.96. The average Bonchev–Trinajstić information content (AvgIpc) is 2.36. The van der Waals surface area contributed by atoms with Crippen LogP contribution in [0, 0.1) is 0 Å². The molecule has 1 rings (SSSR count). The largest absolute Gasteiger partial charge is 0.495 e. The van der Waals surface area contributed by atoms with E-state index in [1.807, 2.05) is 0 Å². The van der Waals surface area contributed by atoms with Crippen LogP contribution in [0.25, 0.3) is 0 Å².